The van der Waals surface area contributed by atoms with Gasteiger partial charge in [-0.05, 0) is 71.0 Å². The number of allylic oxidation sites excluding steroid dienone is 7. The first-order valence-electron chi connectivity index (χ1n) is 13.2. The summed E-state index contributed by atoms with van der Waals surface area (Å²) in [4.78, 5) is 2.44. The lowest BCUT2D eigenvalue weighted by molar-refractivity contribution is 0.781. The summed E-state index contributed by atoms with van der Waals surface area (Å²) in [5.74, 6) is 0. The van der Waals surface area contributed by atoms with E-state index in [0.29, 0.717) is 0 Å². The van der Waals surface area contributed by atoms with Gasteiger partial charge in [0.1, 0.15) is 0 Å². The first kappa shape index (κ1) is 25.0. The summed E-state index contributed by atoms with van der Waals surface area (Å²) in [7, 11) is 0. The van der Waals surface area contributed by atoms with Crippen LogP contribution in [0.3, 0.4) is 0 Å². The number of hydrogen-bond donors (Lipinski definition) is 0. The Labute approximate surface area is 227 Å². The smallest absolute Gasteiger partial charge is 0.0560 e. The molecule has 186 valence electrons. The number of anilines is 2. The maximum atomic E-state index is 4.02. The van der Waals surface area contributed by atoms with E-state index in [1.54, 1.807) is 0 Å². The minimum atomic E-state index is 0.205. The standard InChI is InChI=1S/C37H33N/c1-3-5-12-29(4-2)32-17-23-35(24-18-32)38(36-25-19-33(20-26-36)30-13-8-6-9-14-30)37-27-21-34(22-28-37)31-15-10-7-11-16-31/h3-23,25-28,35H,2,24H2,1H3/b5-3-,29-12+. The summed E-state index contributed by atoms with van der Waals surface area (Å²) in [6.07, 6.45) is 15.9. The van der Waals surface area contributed by atoms with E-state index in [4.69, 9.17) is 0 Å². The van der Waals surface area contributed by atoms with Gasteiger partial charge in [0.15, 0.2) is 0 Å². The van der Waals surface area contributed by atoms with Crippen LogP contribution < -0.4 is 4.90 Å². The molecular formula is C37H33N. The molecule has 1 unspecified atom stereocenters. The lowest BCUT2D eigenvalue weighted by Gasteiger charge is -2.33. The fraction of sp³-hybridized carbons (Fsp3) is 0.0811. The minimum absolute atomic E-state index is 0.205. The summed E-state index contributed by atoms with van der Waals surface area (Å²) in [5.41, 5.74) is 9.62. The third-order valence-electron chi connectivity index (χ3n) is 6.94. The Balaban J connectivity index is 1.48. The topological polar surface area (TPSA) is 3.24 Å². The highest BCUT2D eigenvalue weighted by Gasteiger charge is 2.21. The average Bonchev–Trinajstić information content (AvgIpc) is 3.00. The van der Waals surface area contributed by atoms with Crippen LogP contribution in [0.2, 0.25) is 0 Å². The normalized spacial score (nSPS) is 15.3. The van der Waals surface area contributed by atoms with Gasteiger partial charge in [-0.1, -0.05) is 134 Å². The molecule has 0 radical (unpaired) electrons. The van der Waals surface area contributed by atoms with Gasteiger partial charge in [0.2, 0.25) is 0 Å². The second kappa shape index (κ2) is 12.1. The molecule has 4 aromatic carbocycles. The molecule has 1 heteroatoms. The van der Waals surface area contributed by atoms with Crippen LogP contribution in [0.5, 0.6) is 0 Å². The van der Waals surface area contributed by atoms with Crippen molar-refractivity contribution in [3.05, 3.63) is 169 Å². The average molecular weight is 492 g/mol. The fourth-order valence-electron chi connectivity index (χ4n) is 4.92. The van der Waals surface area contributed by atoms with Gasteiger partial charge in [-0.15, -0.1) is 0 Å². The van der Waals surface area contributed by atoms with Gasteiger partial charge in [-0.25, -0.2) is 0 Å². The molecule has 38 heavy (non-hydrogen) atoms. The summed E-state index contributed by atoms with van der Waals surface area (Å²) >= 11 is 0. The van der Waals surface area contributed by atoms with Gasteiger partial charge in [0, 0.05) is 11.4 Å². The molecule has 0 aliphatic heterocycles. The van der Waals surface area contributed by atoms with Gasteiger partial charge in [0.05, 0.1) is 6.04 Å². The van der Waals surface area contributed by atoms with E-state index < -0.39 is 0 Å². The SMILES string of the molecule is C=C/C(=C\C=C/C)C1=CCC(N(c2ccc(-c3ccccc3)cc2)c2ccc(-c3ccccc3)cc2)C=C1. The van der Waals surface area contributed by atoms with E-state index in [9.17, 15) is 0 Å². The number of benzene rings is 4. The van der Waals surface area contributed by atoms with Crippen LogP contribution in [0.4, 0.5) is 11.4 Å². The van der Waals surface area contributed by atoms with Crippen LogP contribution >= 0.6 is 0 Å². The van der Waals surface area contributed by atoms with Crippen molar-refractivity contribution in [3.63, 3.8) is 0 Å². The van der Waals surface area contributed by atoms with Gasteiger partial charge in [-0.3, -0.25) is 0 Å². The lowest BCUT2D eigenvalue weighted by atomic mass is 9.94. The van der Waals surface area contributed by atoms with Crippen molar-refractivity contribution in [1.82, 2.24) is 0 Å². The molecule has 1 aliphatic rings. The Morgan fingerprint density at radius 3 is 1.63 bits per heavy atom. The van der Waals surface area contributed by atoms with E-state index in [-0.39, 0.29) is 6.04 Å². The van der Waals surface area contributed by atoms with Crippen molar-refractivity contribution >= 4 is 11.4 Å². The molecule has 0 amide bonds. The maximum absolute atomic E-state index is 4.02. The molecule has 0 bridgehead atoms. The van der Waals surface area contributed by atoms with Crippen molar-refractivity contribution in [2.24, 2.45) is 0 Å². The van der Waals surface area contributed by atoms with Crippen molar-refractivity contribution in [2.45, 2.75) is 19.4 Å². The van der Waals surface area contributed by atoms with Crippen LogP contribution in [0, 0.1) is 0 Å². The van der Waals surface area contributed by atoms with Gasteiger partial charge < -0.3 is 4.90 Å². The predicted octanol–water partition coefficient (Wildman–Crippen LogP) is 10.1. The van der Waals surface area contributed by atoms with Crippen LogP contribution in [-0.2, 0) is 0 Å². The molecule has 0 N–H and O–H groups in total. The summed E-state index contributed by atoms with van der Waals surface area (Å²) in [6, 6.07) is 39.1. The molecular weight excluding hydrogens is 458 g/mol. The van der Waals surface area contributed by atoms with Crippen LogP contribution in [-0.4, -0.2) is 6.04 Å². The second-order valence-corrected chi connectivity index (χ2v) is 9.37. The number of hydrogen-bond acceptors (Lipinski definition) is 1. The number of rotatable bonds is 8. The van der Waals surface area contributed by atoms with Crippen molar-refractivity contribution < 1.29 is 0 Å². The maximum Gasteiger partial charge on any atom is 0.0560 e. The quantitative estimate of drug-likeness (QED) is 0.222. The highest BCUT2D eigenvalue weighted by Crippen LogP contribution is 2.35. The minimum Gasteiger partial charge on any atom is -0.334 e. The first-order chi connectivity index (χ1) is 18.8. The summed E-state index contributed by atoms with van der Waals surface area (Å²) in [6.45, 7) is 6.05. The molecule has 0 spiro atoms. The van der Waals surface area contributed by atoms with Crippen molar-refractivity contribution in [3.8, 4) is 22.3 Å². The van der Waals surface area contributed by atoms with Crippen molar-refractivity contribution in [2.75, 3.05) is 4.90 Å². The highest BCUT2D eigenvalue weighted by atomic mass is 15.2. The molecule has 0 fully saturated rings. The Bertz CT molecular complexity index is 1390. The lowest BCUT2D eigenvalue weighted by Crippen LogP contribution is -2.30. The Morgan fingerprint density at radius 2 is 1.21 bits per heavy atom. The summed E-state index contributed by atoms with van der Waals surface area (Å²) < 4.78 is 0. The second-order valence-electron chi connectivity index (χ2n) is 9.37. The van der Waals surface area contributed by atoms with E-state index >= 15 is 0 Å². The van der Waals surface area contributed by atoms with E-state index in [1.165, 1.54) is 39.2 Å². The zero-order chi connectivity index (χ0) is 26.2. The van der Waals surface area contributed by atoms with Gasteiger partial charge >= 0.3 is 0 Å². The number of nitrogens with zero attached hydrogens (tertiary/aromatic N) is 1. The monoisotopic (exact) mass is 491 g/mol. The van der Waals surface area contributed by atoms with E-state index in [2.05, 4.69) is 151 Å². The zero-order valence-corrected chi connectivity index (χ0v) is 21.9. The molecule has 0 aromatic heterocycles. The molecule has 1 nitrogen and oxygen atoms in total. The van der Waals surface area contributed by atoms with Crippen LogP contribution in [0.25, 0.3) is 22.3 Å². The van der Waals surface area contributed by atoms with Crippen LogP contribution in [0.1, 0.15) is 13.3 Å². The zero-order valence-electron chi connectivity index (χ0n) is 21.9. The van der Waals surface area contributed by atoms with Gasteiger partial charge in [0.25, 0.3) is 0 Å². The third-order valence-corrected chi connectivity index (χ3v) is 6.94. The van der Waals surface area contributed by atoms with Crippen LogP contribution in [0.15, 0.2) is 169 Å². The Hall–Kier alpha value is -4.62. The molecule has 4 aromatic rings. The molecule has 1 aliphatic carbocycles. The van der Waals surface area contributed by atoms with E-state index in [1.807, 2.05) is 19.1 Å². The molecule has 0 saturated heterocycles. The molecule has 5 rings (SSSR count). The molecule has 0 heterocycles. The van der Waals surface area contributed by atoms with E-state index in [0.717, 1.165) is 12.0 Å². The Kier molecular flexibility index (Phi) is 7.96. The fourth-order valence-corrected chi connectivity index (χ4v) is 4.92. The Morgan fingerprint density at radius 1 is 0.711 bits per heavy atom. The van der Waals surface area contributed by atoms with Crippen molar-refractivity contribution in [1.29, 1.82) is 0 Å². The molecule has 0 saturated carbocycles. The van der Waals surface area contributed by atoms with Gasteiger partial charge in [-0.2, -0.15) is 0 Å². The predicted molar refractivity (Wildman–Crippen MR) is 165 cm³/mol. The third kappa shape index (κ3) is 5.68. The largest absolute Gasteiger partial charge is 0.334 e. The highest BCUT2D eigenvalue weighted by molar-refractivity contribution is 5.73. The summed E-state index contributed by atoms with van der Waals surface area (Å²) in [5, 5.41) is 0. The molecule has 1 atom stereocenters. The first-order valence-corrected chi connectivity index (χ1v) is 13.2.